The van der Waals surface area contributed by atoms with Gasteiger partial charge in [-0.3, -0.25) is 4.79 Å². The van der Waals surface area contributed by atoms with Crippen LogP contribution in [0.15, 0.2) is 42.6 Å². The molecule has 8 heteroatoms. The van der Waals surface area contributed by atoms with Crippen molar-refractivity contribution >= 4 is 17.8 Å². The minimum absolute atomic E-state index is 0.158. The summed E-state index contributed by atoms with van der Waals surface area (Å²) in [7, 11) is 3.10. The second kappa shape index (κ2) is 9.11. The zero-order valence-corrected chi connectivity index (χ0v) is 14.0. The van der Waals surface area contributed by atoms with Gasteiger partial charge in [0.05, 0.1) is 20.8 Å². The van der Waals surface area contributed by atoms with Gasteiger partial charge in [0.2, 0.25) is 5.91 Å². The van der Waals surface area contributed by atoms with Crippen molar-refractivity contribution in [2.45, 2.75) is 6.54 Å². The molecule has 0 aliphatic rings. The molecular weight excluding hydrogens is 324 g/mol. The van der Waals surface area contributed by atoms with Crippen molar-refractivity contribution < 1.29 is 19.1 Å². The van der Waals surface area contributed by atoms with Crippen molar-refractivity contribution in [1.29, 1.82) is 0 Å². The molecule has 0 atom stereocenters. The lowest BCUT2D eigenvalue weighted by molar-refractivity contribution is -0.115. The number of urea groups is 1. The number of aromatic nitrogens is 1. The third kappa shape index (κ3) is 5.69. The maximum atomic E-state index is 11.8. The first kappa shape index (κ1) is 18.1. The number of benzene rings is 1. The van der Waals surface area contributed by atoms with E-state index in [1.165, 1.54) is 0 Å². The van der Waals surface area contributed by atoms with Crippen molar-refractivity contribution in [2.24, 2.45) is 0 Å². The normalized spacial score (nSPS) is 9.84. The summed E-state index contributed by atoms with van der Waals surface area (Å²) in [6.07, 6.45) is 1.57. The van der Waals surface area contributed by atoms with E-state index >= 15 is 0 Å². The van der Waals surface area contributed by atoms with Crippen LogP contribution in [0.5, 0.6) is 11.5 Å². The predicted molar refractivity (Wildman–Crippen MR) is 92.7 cm³/mol. The molecule has 25 heavy (non-hydrogen) atoms. The van der Waals surface area contributed by atoms with Crippen LogP contribution in [0.25, 0.3) is 0 Å². The average molecular weight is 344 g/mol. The Bertz CT molecular complexity index is 722. The summed E-state index contributed by atoms with van der Waals surface area (Å²) in [5.74, 6) is 1.26. The first-order valence-corrected chi connectivity index (χ1v) is 7.56. The highest BCUT2D eigenvalue weighted by Gasteiger charge is 2.08. The Labute approximate surface area is 145 Å². The molecule has 0 spiro atoms. The third-order valence-corrected chi connectivity index (χ3v) is 3.24. The van der Waals surface area contributed by atoms with Gasteiger partial charge in [0.25, 0.3) is 0 Å². The van der Waals surface area contributed by atoms with Crippen molar-refractivity contribution in [3.63, 3.8) is 0 Å². The van der Waals surface area contributed by atoms with Gasteiger partial charge in [-0.25, -0.2) is 9.78 Å². The fraction of sp³-hybridized carbons (Fsp3) is 0.235. The van der Waals surface area contributed by atoms with Crippen LogP contribution in [0.4, 0.5) is 10.6 Å². The number of nitrogens with zero attached hydrogens (tertiary/aromatic N) is 1. The minimum Gasteiger partial charge on any atom is -0.493 e. The van der Waals surface area contributed by atoms with Crippen LogP contribution in [0, 0.1) is 0 Å². The number of ether oxygens (including phenoxy) is 2. The topological polar surface area (TPSA) is 102 Å². The first-order valence-electron chi connectivity index (χ1n) is 7.56. The predicted octanol–water partition coefficient (Wildman–Crippen LogP) is 1.54. The van der Waals surface area contributed by atoms with E-state index in [2.05, 4.69) is 20.9 Å². The van der Waals surface area contributed by atoms with Crippen molar-refractivity contribution in [2.75, 3.05) is 26.1 Å². The van der Waals surface area contributed by atoms with Gasteiger partial charge in [-0.2, -0.15) is 0 Å². The molecule has 2 rings (SSSR count). The second-order valence-electron chi connectivity index (χ2n) is 4.99. The maximum Gasteiger partial charge on any atom is 0.315 e. The number of hydrogen-bond donors (Lipinski definition) is 3. The average Bonchev–Trinajstić information content (AvgIpc) is 2.65. The Morgan fingerprint density at radius 3 is 2.52 bits per heavy atom. The smallest absolute Gasteiger partial charge is 0.315 e. The second-order valence-corrected chi connectivity index (χ2v) is 4.99. The number of methoxy groups -OCH3 is 2. The summed E-state index contributed by atoms with van der Waals surface area (Å²) in [6, 6.07) is 10.1. The maximum absolute atomic E-state index is 11.8. The van der Waals surface area contributed by atoms with Gasteiger partial charge in [0.15, 0.2) is 11.5 Å². The lowest BCUT2D eigenvalue weighted by atomic mass is 10.2. The van der Waals surface area contributed by atoms with E-state index in [4.69, 9.17) is 9.47 Å². The Kier molecular flexibility index (Phi) is 6.58. The molecule has 0 unspecified atom stereocenters. The Morgan fingerprint density at radius 2 is 1.84 bits per heavy atom. The highest BCUT2D eigenvalue weighted by molar-refractivity contribution is 5.93. The number of amides is 3. The van der Waals surface area contributed by atoms with E-state index in [0.29, 0.717) is 17.3 Å². The fourth-order valence-corrected chi connectivity index (χ4v) is 2.02. The first-order chi connectivity index (χ1) is 12.1. The van der Waals surface area contributed by atoms with Crippen LogP contribution >= 0.6 is 0 Å². The number of nitrogens with one attached hydrogen (secondary N) is 3. The lowest BCUT2D eigenvalue weighted by Gasteiger charge is -2.11. The molecule has 8 nitrogen and oxygen atoms in total. The molecule has 1 heterocycles. The van der Waals surface area contributed by atoms with Gasteiger partial charge in [0.1, 0.15) is 5.82 Å². The highest BCUT2D eigenvalue weighted by atomic mass is 16.5. The van der Waals surface area contributed by atoms with E-state index in [9.17, 15) is 9.59 Å². The fourth-order valence-electron chi connectivity index (χ4n) is 2.02. The molecule has 0 radical (unpaired) electrons. The zero-order valence-electron chi connectivity index (χ0n) is 14.0. The summed E-state index contributed by atoms with van der Waals surface area (Å²) >= 11 is 0. The quantitative estimate of drug-likeness (QED) is 0.707. The molecule has 132 valence electrons. The van der Waals surface area contributed by atoms with Crippen LogP contribution in [-0.2, 0) is 11.3 Å². The summed E-state index contributed by atoms with van der Waals surface area (Å²) < 4.78 is 10.4. The van der Waals surface area contributed by atoms with Crippen LogP contribution in [0.1, 0.15) is 5.56 Å². The largest absolute Gasteiger partial charge is 0.493 e. The minimum atomic E-state index is -0.453. The summed E-state index contributed by atoms with van der Waals surface area (Å²) in [6.45, 7) is 0.127. The van der Waals surface area contributed by atoms with Gasteiger partial charge in [-0.15, -0.1) is 0 Å². The number of pyridine rings is 1. The summed E-state index contributed by atoms with van der Waals surface area (Å²) in [5.41, 5.74) is 0.839. The molecule has 1 aromatic carbocycles. The monoisotopic (exact) mass is 344 g/mol. The van der Waals surface area contributed by atoms with Gasteiger partial charge in [-0.1, -0.05) is 12.1 Å². The molecular formula is C17H20N4O4. The van der Waals surface area contributed by atoms with E-state index < -0.39 is 6.03 Å². The Hall–Kier alpha value is -3.29. The van der Waals surface area contributed by atoms with Crippen LogP contribution in [0.3, 0.4) is 0 Å². The summed E-state index contributed by atoms with van der Waals surface area (Å²) in [4.78, 5) is 27.5. The van der Waals surface area contributed by atoms with Crippen LogP contribution < -0.4 is 25.4 Å². The lowest BCUT2D eigenvalue weighted by Crippen LogP contribution is -2.39. The van der Waals surface area contributed by atoms with E-state index in [1.54, 1.807) is 50.7 Å². The summed E-state index contributed by atoms with van der Waals surface area (Å²) in [5, 5.41) is 7.72. The van der Waals surface area contributed by atoms with Crippen molar-refractivity contribution in [3.8, 4) is 11.5 Å². The zero-order chi connectivity index (χ0) is 18.1. The molecule has 0 saturated heterocycles. The van der Waals surface area contributed by atoms with Gasteiger partial charge < -0.3 is 25.4 Å². The molecule has 3 amide bonds. The molecule has 0 bridgehead atoms. The number of carbonyl (C=O) groups excluding carboxylic acids is 2. The standard InChI is InChI=1S/C17H20N4O4/c1-24-13-7-6-12(9-14(13)25-2)10-19-17(23)20-11-16(22)21-15-5-3-4-8-18-15/h3-9H,10-11H2,1-2H3,(H,18,21,22)(H2,19,20,23). The van der Waals surface area contributed by atoms with Gasteiger partial charge >= 0.3 is 6.03 Å². The van der Waals surface area contributed by atoms with Crippen molar-refractivity contribution in [1.82, 2.24) is 15.6 Å². The van der Waals surface area contributed by atoms with Crippen molar-refractivity contribution in [3.05, 3.63) is 48.2 Å². The van der Waals surface area contributed by atoms with Gasteiger partial charge in [-0.05, 0) is 29.8 Å². The Balaban J connectivity index is 1.76. The molecule has 0 aliphatic heterocycles. The number of carbonyl (C=O) groups is 2. The number of anilines is 1. The molecule has 3 N–H and O–H groups in total. The van der Waals surface area contributed by atoms with E-state index in [1.807, 2.05) is 6.07 Å². The van der Waals surface area contributed by atoms with E-state index in [0.717, 1.165) is 5.56 Å². The highest BCUT2D eigenvalue weighted by Crippen LogP contribution is 2.27. The molecule has 0 fully saturated rings. The van der Waals surface area contributed by atoms with Crippen LogP contribution in [0.2, 0.25) is 0 Å². The van der Waals surface area contributed by atoms with Gasteiger partial charge in [0, 0.05) is 12.7 Å². The van der Waals surface area contributed by atoms with E-state index in [-0.39, 0.29) is 19.0 Å². The molecule has 0 aliphatic carbocycles. The SMILES string of the molecule is COc1ccc(CNC(=O)NCC(=O)Nc2ccccn2)cc1OC. The molecule has 0 saturated carbocycles. The number of rotatable bonds is 7. The number of hydrogen-bond acceptors (Lipinski definition) is 5. The van der Waals surface area contributed by atoms with Crippen LogP contribution in [-0.4, -0.2) is 37.7 Å². The molecule has 2 aromatic rings. The molecule has 1 aromatic heterocycles. The third-order valence-electron chi connectivity index (χ3n) is 3.24. The Morgan fingerprint density at radius 1 is 1.04 bits per heavy atom.